The third-order valence-electron chi connectivity index (χ3n) is 8.03. The molecule has 0 aliphatic rings. The van der Waals surface area contributed by atoms with Gasteiger partial charge in [-0.1, -0.05) is 21.6 Å². The summed E-state index contributed by atoms with van der Waals surface area (Å²) in [5, 5.41) is 37.8. The van der Waals surface area contributed by atoms with Crippen molar-refractivity contribution in [2.75, 3.05) is 162 Å². The number of aliphatic hydroxyl groups is 4. The smallest absolute Gasteiger partial charge is 0.307 e. The molecule has 0 atom stereocenters. The molecule has 0 radical (unpaired) electrons. The first kappa shape index (κ1) is 52.8. The van der Waals surface area contributed by atoms with Crippen LogP contribution in [0, 0.1) is 0 Å². The number of methoxy groups -OCH3 is 1. The zero-order valence-corrected chi connectivity index (χ0v) is 35.0. The number of carbonyl (C=O) groups excluding carboxylic acids is 4. The lowest BCUT2D eigenvalue weighted by Crippen LogP contribution is -2.39. The van der Waals surface area contributed by atoms with Gasteiger partial charge in [-0.2, -0.15) is 11.8 Å². The molecule has 0 aliphatic heterocycles. The van der Waals surface area contributed by atoms with Crippen LogP contribution in [-0.4, -0.2) is 226 Å². The average Bonchev–Trinajstić information content (AvgIpc) is 3.15. The van der Waals surface area contributed by atoms with Gasteiger partial charge in [-0.25, -0.2) is 0 Å². The molecule has 0 unspecified atom stereocenters. The minimum atomic E-state index is -0.341. The van der Waals surface area contributed by atoms with Crippen LogP contribution in [0.1, 0.15) is 38.5 Å². The van der Waals surface area contributed by atoms with Gasteiger partial charge in [0.1, 0.15) is 25.6 Å². The van der Waals surface area contributed by atoms with E-state index in [9.17, 15) is 39.6 Å². The Morgan fingerprint density at radius 3 is 1.19 bits per heavy atom. The van der Waals surface area contributed by atoms with E-state index in [1.54, 1.807) is 11.8 Å². The first-order valence-electron chi connectivity index (χ1n) is 18.8. The van der Waals surface area contributed by atoms with Gasteiger partial charge in [0.25, 0.3) is 0 Å². The molecule has 0 amide bonds. The van der Waals surface area contributed by atoms with E-state index >= 15 is 0 Å². The van der Waals surface area contributed by atoms with E-state index in [1.165, 1.54) is 28.7 Å². The predicted octanol–water partition coefficient (Wildman–Crippen LogP) is 0.0937. The second kappa shape index (κ2) is 38.6. The topological polar surface area (TPSA) is 199 Å². The van der Waals surface area contributed by atoms with E-state index in [1.807, 2.05) is 25.9 Å². The van der Waals surface area contributed by atoms with Crippen molar-refractivity contribution >= 4 is 57.0 Å². The van der Waals surface area contributed by atoms with Crippen molar-refractivity contribution < 1.29 is 58.6 Å². The number of esters is 3. The molecule has 0 saturated heterocycles. The van der Waals surface area contributed by atoms with Crippen molar-refractivity contribution in [2.45, 2.75) is 38.5 Å². The van der Waals surface area contributed by atoms with Gasteiger partial charge in [-0.3, -0.25) is 38.8 Å². The lowest BCUT2D eigenvalue weighted by Gasteiger charge is -2.26. The summed E-state index contributed by atoms with van der Waals surface area (Å²) < 4.78 is 20.6. The molecule has 0 rings (SSSR count). The number of carbonyl (C=O) groups is 4. The van der Waals surface area contributed by atoms with Crippen molar-refractivity contribution in [1.29, 1.82) is 0 Å². The van der Waals surface area contributed by atoms with Crippen LogP contribution in [0.5, 0.6) is 0 Å². The molecule has 0 saturated carbocycles. The first-order chi connectivity index (χ1) is 26.2. The highest BCUT2D eigenvalue weighted by Crippen LogP contribution is 2.20. The molecular formula is C35H68N4O12S3. The fraction of sp³-hybridized carbons (Fsp3) is 0.886. The minimum Gasteiger partial charge on any atom is -0.465 e. The van der Waals surface area contributed by atoms with Crippen LogP contribution in [0.25, 0.3) is 0 Å². The van der Waals surface area contributed by atoms with Crippen molar-refractivity contribution in [3.8, 4) is 0 Å². The molecule has 0 aliphatic carbocycles. The fourth-order valence-electron chi connectivity index (χ4n) is 4.99. The highest BCUT2D eigenvalue weighted by molar-refractivity contribution is 8.76. The standard InChI is InChI=1S/C35H68N4O12S3/c1-48-25-26-49-33(45)6-10-37(18-22-41)15-16-39(20-24-43)12-8-35(47)51-28-31-54-53-30-27-50-34(46)7-11-38(19-23-42)14-13-36(17-21-40)9-5-32(44)4-3-29-52-2/h40-43H,3-31H2,1-2H3. The Morgan fingerprint density at radius 1 is 0.463 bits per heavy atom. The van der Waals surface area contributed by atoms with Gasteiger partial charge >= 0.3 is 17.9 Å². The van der Waals surface area contributed by atoms with Crippen LogP contribution in [-0.2, 0) is 38.1 Å². The molecule has 0 aromatic heterocycles. The Hall–Kier alpha value is -1.23. The molecule has 54 heavy (non-hydrogen) atoms. The third kappa shape index (κ3) is 33.0. The van der Waals surface area contributed by atoms with Gasteiger partial charge in [0.05, 0.1) is 52.3 Å². The molecule has 0 aromatic rings. The molecule has 0 spiro atoms. The van der Waals surface area contributed by atoms with E-state index < -0.39 is 0 Å². The van der Waals surface area contributed by atoms with Crippen LogP contribution in [0.15, 0.2) is 0 Å². The normalized spacial score (nSPS) is 11.6. The lowest BCUT2D eigenvalue weighted by molar-refractivity contribution is -0.145. The Balaban J connectivity index is 4.21. The van der Waals surface area contributed by atoms with Crippen LogP contribution < -0.4 is 0 Å². The number of ether oxygens (including phenoxy) is 4. The predicted molar refractivity (Wildman–Crippen MR) is 215 cm³/mol. The molecule has 19 heteroatoms. The summed E-state index contributed by atoms with van der Waals surface area (Å²) in [6.45, 7) is 6.59. The van der Waals surface area contributed by atoms with Crippen LogP contribution in [0.4, 0.5) is 0 Å². The number of hydrogen-bond acceptors (Lipinski definition) is 19. The molecule has 0 heterocycles. The summed E-state index contributed by atoms with van der Waals surface area (Å²) in [5.41, 5.74) is 0. The highest BCUT2D eigenvalue weighted by atomic mass is 33.1. The largest absolute Gasteiger partial charge is 0.465 e. The van der Waals surface area contributed by atoms with E-state index in [4.69, 9.17) is 18.9 Å². The van der Waals surface area contributed by atoms with Crippen molar-refractivity contribution in [3.05, 3.63) is 0 Å². The van der Waals surface area contributed by atoms with Gasteiger partial charge in [0.15, 0.2) is 0 Å². The average molecular weight is 833 g/mol. The monoisotopic (exact) mass is 832 g/mol. The SMILES string of the molecule is COCCOC(=O)CCN(CCO)CCN(CCO)CCC(=O)OCCSSCCOC(=O)CCN(CCO)CCN(CCO)CCC(=O)CCCSC. The summed E-state index contributed by atoms with van der Waals surface area (Å²) >= 11 is 1.73. The summed E-state index contributed by atoms with van der Waals surface area (Å²) in [7, 11) is 4.56. The van der Waals surface area contributed by atoms with Crippen LogP contribution in [0.3, 0.4) is 0 Å². The second-order valence-corrected chi connectivity index (χ2v) is 15.9. The van der Waals surface area contributed by atoms with Crippen molar-refractivity contribution in [2.24, 2.45) is 0 Å². The zero-order chi connectivity index (χ0) is 40.1. The number of hydrogen-bond donors (Lipinski definition) is 4. The maximum Gasteiger partial charge on any atom is 0.307 e. The Bertz CT molecular complexity index is 876. The summed E-state index contributed by atoms with van der Waals surface area (Å²) in [6.07, 6.45) is 4.44. The molecule has 4 N–H and O–H groups in total. The number of rotatable bonds is 40. The van der Waals surface area contributed by atoms with Crippen LogP contribution >= 0.6 is 33.3 Å². The van der Waals surface area contributed by atoms with Gasteiger partial charge in [-0.05, 0) is 18.4 Å². The Labute approximate surface area is 334 Å². The lowest BCUT2D eigenvalue weighted by atomic mass is 10.1. The number of aliphatic hydroxyl groups excluding tert-OH is 4. The van der Waals surface area contributed by atoms with Gasteiger partial charge in [0.2, 0.25) is 0 Å². The molecule has 0 fully saturated rings. The number of thioether (sulfide) groups is 1. The number of ketones is 1. The first-order valence-corrected chi connectivity index (χ1v) is 22.6. The summed E-state index contributed by atoms with van der Waals surface area (Å²) in [6, 6.07) is 0. The molecule has 16 nitrogen and oxygen atoms in total. The molecular weight excluding hydrogens is 765 g/mol. The quantitative estimate of drug-likeness (QED) is 0.0280. The fourth-order valence-corrected chi connectivity index (χ4v) is 7.08. The van der Waals surface area contributed by atoms with Crippen molar-refractivity contribution in [3.63, 3.8) is 0 Å². The third-order valence-corrected chi connectivity index (χ3v) is 11.1. The molecule has 0 bridgehead atoms. The number of nitrogens with zero attached hydrogens (tertiary/aromatic N) is 4. The summed E-state index contributed by atoms with van der Waals surface area (Å²) in [4.78, 5) is 56.6. The Morgan fingerprint density at radius 2 is 0.833 bits per heavy atom. The minimum absolute atomic E-state index is 0.00609. The van der Waals surface area contributed by atoms with Gasteiger partial charge in [0, 0.05) is 110 Å². The second-order valence-electron chi connectivity index (χ2n) is 12.2. The maximum atomic E-state index is 12.3. The van der Waals surface area contributed by atoms with E-state index in [2.05, 4.69) is 0 Å². The highest BCUT2D eigenvalue weighted by Gasteiger charge is 2.15. The van der Waals surface area contributed by atoms with Crippen molar-refractivity contribution in [1.82, 2.24) is 19.6 Å². The van der Waals surface area contributed by atoms with Gasteiger partial charge < -0.3 is 39.4 Å². The molecule has 318 valence electrons. The molecule has 0 aromatic carbocycles. The van der Waals surface area contributed by atoms with Gasteiger partial charge in [-0.15, -0.1) is 0 Å². The maximum absolute atomic E-state index is 12.3. The van der Waals surface area contributed by atoms with E-state index in [-0.39, 0.29) is 89.2 Å². The van der Waals surface area contributed by atoms with E-state index in [0.717, 1.165) is 12.2 Å². The van der Waals surface area contributed by atoms with E-state index in [0.29, 0.717) is 109 Å². The Kier molecular flexibility index (Phi) is 37.8. The zero-order valence-electron chi connectivity index (χ0n) is 32.6. The number of Topliss-reactive ketones (excluding diaryl/α,β-unsaturated/α-hetero) is 1. The van der Waals surface area contributed by atoms with Crippen LogP contribution in [0.2, 0.25) is 0 Å². The summed E-state index contributed by atoms with van der Waals surface area (Å²) in [5.74, 6) is 1.34.